The summed E-state index contributed by atoms with van der Waals surface area (Å²) in [4.78, 5) is 16.7. The molecule has 0 radical (unpaired) electrons. The minimum Gasteiger partial charge on any atom is -0.495 e. The molecular formula is C25H27N3O4. The summed E-state index contributed by atoms with van der Waals surface area (Å²) in [5.74, 6) is 0.413. The molecule has 0 bridgehead atoms. The Balaban J connectivity index is 1.16. The van der Waals surface area contributed by atoms with Gasteiger partial charge in [-0.15, -0.1) is 0 Å². The standard InChI is InChI=1S/C25H27N3O4/c1-30-23-10-17(2-3-19(23)12-26)6-7-27-8-9-28-14-24(31-16-21(28)13-27)18-4-5-22-20(11-18)15-32-25(22)29/h2-5,10-11,21,24H,6-9,13-16H2,1H3. The van der Waals surface area contributed by atoms with Gasteiger partial charge in [0.05, 0.1) is 30.9 Å². The van der Waals surface area contributed by atoms with Gasteiger partial charge in [-0.05, 0) is 41.8 Å². The Labute approximate surface area is 188 Å². The molecule has 166 valence electrons. The van der Waals surface area contributed by atoms with Crippen molar-refractivity contribution in [2.45, 2.75) is 25.2 Å². The molecule has 2 aromatic rings. The second-order valence-corrected chi connectivity index (χ2v) is 8.66. The SMILES string of the molecule is COc1cc(CCN2CCN3CC(c4ccc5c(c4)COC5=O)OCC3C2)ccc1C#N. The molecule has 2 atom stereocenters. The molecule has 3 aliphatic rings. The maximum absolute atomic E-state index is 11.7. The lowest BCUT2D eigenvalue weighted by atomic mass is 9.99. The van der Waals surface area contributed by atoms with Crippen LogP contribution in [0.4, 0.5) is 0 Å². The average molecular weight is 434 g/mol. The fraction of sp³-hybridized carbons (Fsp3) is 0.440. The maximum Gasteiger partial charge on any atom is 0.338 e. The lowest BCUT2D eigenvalue weighted by molar-refractivity contribution is -0.0901. The van der Waals surface area contributed by atoms with Gasteiger partial charge in [0, 0.05) is 44.3 Å². The largest absolute Gasteiger partial charge is 0.495 e. The van der Waals surface area contributed by atoms with Crippen molar-refractivity contribution in [2.24, 2.45) is 0 Å². The molecule has 2 unspecified atom stereocenters. The van der Waals surface area contributed by atoms with Gasteiger partial charge in [0.25, 0.3) is 0 Å². The van der Waals surface area contributed by atoms with E-state index in [1.807, 2.05) is 30.3 Å². The fourth-order valence-electron chi connectivity index (χ4n) is 4.88. The van der Waals surface area contributed by atoms with E-state index in [1.165, 1.54) is 5.56 Å². The third-order valence-corrected chi connectivity index (χ3v) is 6.76. The molecule has 2 aromatic carbocycles. The van der Waals surface area contributed by atoms with Gasteiger partial charge in [0.15, 0.2) is 0 Å². The minimum atomic E-state index is -0.230. The molecule has 0 saturated carbocycles. The van der Waals surface area contributed by atoms with Crippen LogP contribution in [-0.4, -0.2) is 68.3 Å². The molecule has 0 N–H and O–H groups in total. The number of esters is 1. The van der Waals surface area contributed by atoms with Gasteiger partial charge in [-0.1, -0.05) is 12.1 Å². The van der Waals surface area contributed by atoms with Crippen molar-refractivity contribution < 1.29 is 19.0 Å². The Morgan fingerprint density at radius 3 is 2.94 bits per heavy atom. The van der Waals surface area contributed by atoms with Gasteiger partial charge >= 0.3 is 5.97 Å². The summed E-state index contributed by atoms with van der Waals surface area (Å²) in [6, 6.07) is 14.3. The molecule has 3 heterocycles. The van der Waals surface area contributed by atoms with Crippen molar-refractivity contribution in [3.63, 3.8) is 0 Å². The lowest BCUT2D eigenvalue weighted by Crippen LogP contribution is -2.58. The molecule has 0 aliphatic carbocycles. The van der Waals surface area contributed by atoms with E-state index >= 15 is 0 Å². The predicted octanol–water partition coefficient (Wildman–Crippen LogP) is 2.54. The normalized spacial score (nSPS) is 23.2. The predicted molar refractivity (Wildman–Crippen MR) is 117 cm³/mol. The molecule has 0 amide bonds. The Morgan fingerprint density at radius 1 is 1.19 bits per heavy atom. The summed E-state index contributed by atoms with van der Waals surface area (Å²) >= 11 is 0. The molecule has 7 nitrogen and oxygen atoms in total. The average Bonchev–Trinajstić information content (AvgIpc) is 3.22. The van der Waals surface area contributed by atoms with Crippen LogP contribution in [0.2, 0.25) is 0 Å². The molecule has 5 rings (SSSR count). The van der Waals surface area contributed by atoms with Crippen molar-refractivity contribution in [3.8, 4) is 11.8 Å². The van der Waals surface area contributed by atoms with E-state index in [4.69, 9.17) is 19.5 Å². The number of cyclic esters (lactones) is 1. The molecule has 0 aromatic heterocycles. The summed E-state index contributed by atoms with van der Waals surface area (Å²) in [6.45, 7) is 5.96. The molecular weight excluding hydrogens is 406 g/mol. The monoisotopic (exact) mass is 433 g/mol. The van der Waals surface area contributed by atoms with Crippen molar-refractivity contribution in [3.05, 3.63) is 64.2 Å². The number of benzene rings is 2. The summed E-state index contributed by atoms with van der Waals surface area (Å²) in [6.07, 6.45) is 0.957. The van der Waals surface area contributed by atoms with Gasteiger partial charge in [-0.3, -0.25) is 4.90 Å². The van der Waals surface area contributed by atoms with Crippen LogP contribution < -0.4 is 4.74 Å². The van der Waals surface area contributed by atoms with Crippen LogP contribution in [0, 0.1) is 11.3 Å². The third-order valence-electron chi connectivity index (χ3n) is 6.76. The molecule has 32 heavy (non-hydrogen) atoms. The Bertz CT molecular complexity index is 1060. The number of hydrogen-bond donors (Lipinski definition) is 0. The topological polar surface area (TPSA) is 75.0 Å². The quantitative estimate of drug-likeness (QED) is 0.671. The van der Waals surface area contributed by atoms with E-state index in [2.05, 4.69) is 21.9 Å². The summed E-state index contributed by atoms with van der Waals surface area (Å²) < 4.78 is 16.7. The van der Waals surface area contributed by atoms with Crippen LogP contribution in [0.25, 0.3) is 0 Å². The summed E-state index contributed by atoms with van der Waals surface area (Å²) in [5.41, 5.74) is 4.51. The third kappa shape index (κ3) is 4.09. The number of carbonyl (C=O) groups excluding carboxylic acids is 1. The second kappa shape index (κ2) is 8.91. The number of piperazine rings is 1. The smallest absolute Gasteiger partial charge is 0.338 e. The van der Waals surface area contributed by atoms with Crippen molar-refractivity contribution >= 4 is 5.97 Å². The van der Waals surface area contributed by atoms with Gasteiger partial charge < -0.3 is 19.1 Å². The highest BCUT2D eigenvalue weighted by Crippen LogP contribution is 2.30. The number of carbonyl (C=O) groups is 1. The zero-order chi connectivity index (χ0) is 22.1. The van der Waals surface area contributed by atoms with E-state index in [9.17, 15) is 4.79 Å². The zero-order valence-corrected chi connectivity index (χ0v) is 18.3. The first-order valence-electron chi connectivity index (χ1n) is 11.1. The maximum atomic E-state index is 11.7. The highest BCUT2D eigenvalue weighted by molar-refractivity contribution is 5.93. The van der Waals surface area contributed by atoms with Crippen LogP contribution in [0.15, 0.2) is 36.4 Å². The number of ether oxygens (including phenoxy) is 3. The van der Waals surface area contributed by atoms with Crippen molar-refractivity contribution in [1.82, 2.24) is 9.80 Å². The van der Waals surface area contributed by atoms with E-state index in [-0.39, 0.29) is 12.1 Å². The Hall–Kier alpha value is -2.92. The highest BCUT2D eigenvalue weighted by Gasteiger charge is 2.34. The van der Waals surface area contributed by atoms with E-state index in [0.717, 1.165) is 50.3 Å². The summed E-state index contributed by atoms with van der Waals surface area (Å²) in [7, 11) is 1.60. The number of morpholine rings is 1. The number of hydrogen-bond acceptors (Lipinski definition) is 7. The van der Waals surface area contributed by atoms with Gasteiger partial charge in [0.1, 0.15) is 18.4 Å². The molecule has 3 aliphatic heterocycles. The van der Waals surface area contributed by atoms with E-state index in [1.54, 1.807) is 7.11 Å². The first-order chi connectivity index (χ1) is 15.6. The lowest BCUT2D eigenvalue weighted by Gasteiger charge is -2.46. The van der Waals surface area contributed by atoms with E-state index < -0.39 is 0 Å². The number of methoxy groups -OCH3 is 1. The van der Waals surface area contributed by atoms with Crippen LogP contribution in [-0.2, 0) is 22.5 Å². The first-order valence-corrected chi connectivity index (χ1v) is 11.1. The number of nitrogens with zero attached hydrogens (tertiary/aromatic N) is 3. The molecule has 2 fully saturated rings. The van der Waals surface area contributed by atoms with Crippen LogP contribution in [0.3, 0.4) is 0 Å². The van der Waals surface area contributed by atoms with Gasteiger partial charge in [0.2, 0.25) is 0 Å². The molecule has 7 heteroatoms. The number of fused-ring (bicyclic) bond motifs is 2. The Morgan fingerprint density at radius 2 is 2.09 bits per heavy atom. The van der Waals surface area contributed by atoms with Crippen molar-refractivity contribution in [1.29, 1.82) is 5.26 Å². The van der Waals surface area contributed by atoms with Crippen LogP contribution in [0.5, 0.6) is 5.75 Å². The van der Waals surface area contributed by atoms with E-state index in [0.29, 0.717) is 36.1 Å². The van der Waals surface area contributed by atoms with Gasteiger partial charge in [-0.2, -0.15) is 5.26 Å². The number of rotatable bonds is 5. The van der Waals surface area contributed by atoms with Crippen LogP contribution in [0.1, 0.15) is 38.7 Å². The second-order valence-electron chi connectivity index (χ2n) is 8.66. The number of nitriles is 1. The van der Waals surface area contributed by atoms with Crippen molar-refractivity contribution in [2.75, 3.05) is 46.4 Å². The molecule has 2 saturated heterocycles. The first kappa shape index (κ1) is 21.0. The molecule has 0 spiro atoms. The van der Waals surface area contributed by atoms with Crippen LogP contribution >= 0.6 is 0 Å². The zero-order valence-electron chi connectivity index (χ0n) is 18.3. The minimum absolute atomic E-state index is 0.0323. The highest BCUT2D eigenvalue weighted by atomic mass is 16.5. The fourth-order valence-corrected chi connectivity index (χ4v) is 4.88. The summed E-state index contributed by atoms with van der Waals surface area (Å²) in [5, 5.41) is 9.15. The Kier molecular flexibility index (Phi) is 5.83. The van der Waals surface area contributed by atoms with Gasteiger partial charge in [-0.25, -0.2) is 4.79 Å².